The maximum atomic E-state index is 11.2. The molecule has 1 N–H and O–H groups in total. The Labute approximate surface area is 120 Å². The van der Waals surface area contributed by atoms with E-state index in [0.717, 1.165) is 29.7 Å². The van der Waals surface area contributed by atoms with Crippen molar-refractivity contribution in [3.05, 3.63) is 32.8 Å². The van der Waals surface area contributed by atoms with Gasteiger partial charge in [0.15, 0.2) is 0 Å². The molecule has 1 aromatic carbocycles. The van der Waals surface area contributed by atoms with E-state index >= 15 is 0 Å². The molecule has 2 aliphatic rings. The highest BCUT2D eigenvalue weighted by molar-refractivity contribution is 9.10. The van der Waals surface area contributed by atoms with E-state index in [0.29, 0.717) is 12.1 Å². The molecule has 0 radical (unpaired) electrons. The molecule has 2 unspecified atom stereocenters. The van der Waals surface area contributed by atoms with Crippen LogP contribution in [0.1, 0.15) is 19.3 Å². The van der Waals surface area contributed by atoms with Gasteiger partial charge >= 0.3 is 0 Å². The van der Waals surface area contributed by atoms with Crippen molar-refractivity contribution < 1.29 is 4.92 Å². The highest BCUT2D eigenvalue weighted by Crippen LogP contribution is 2.33. The topological polar surface area (TPSA) is 58.4 Å². The van der Waals surface area contributed by atoms with Gasteiger partial charge in [-0.25, -0.2) is 0 Å². The van der Waals surface area contributed by atoms with Gasteiger partial charge in [-0.3, -0.25) is 10.1 Å². The van der Waals surface area contributed by atoms with Crippen molar-refractivity contribution in [3.8, 4) is 0 Å². The minimum absolute atomic E-state index is 0.195. The second kappa shape index (κ2) is 5.09. The first-order chi connectivity index (χ1) is 9.13. The summed E-state index contributed by atoms with van der Waals surface area (Å²) >= 11 is 3.41. The summed E-state index contributed by atoms with van der Waals surface area (Å²) in [5.41, 5.74) is 0.926. The molecule has 1 aromatic rings. The van der Waals surface area contributed by atoms with Gasteiger partial charge in [0, 0.05) is 35.7 Å². The molecule has 2 bridgehead atoms. The number of benzene rings is 1. The van der Waals surface area contributed by atoms with Gasteiger partial charge in [0.05, 0.1) is 4.92 Å². The fourth-order valence-corrected chi connectivity index (χ4v) is 3.42. The molecule has 0 saturated carbocycles. The van der Waals surface area contributed by atoms with Crippen LogP contribution in [0.4, 0.5) is 11.4 Å². The summed E-state index contributed by atoms with van der Waals surface area (Å²) in [6.45, 7) is 1.74. The standard InChI is InChI=1S/C13H16BrN3O2/c14-9-1-4-12(17(18)19)13(7-9)16-6-5-10-2-3-11(8-16)15-10/h1,4,7,10-11,15H,2-3,5-6,8H2. The Kier molecular flexibility index (Phi) is 3.45. The zero-order valence-electron chi connectivity index (χ0n) is 10.5. The van der Waals surface area contributed by atoms with Gasteiger partial charge < -0.3 is 10.2 Å². The van der Waals surface area contributed by atoms with Gasteiger partial charge in [0.2, 0.25) is 0 Å². The van der Waals surface area contributed by atoms with Gasteiger partial charge in [-0.15, -0.1) is 0 Å². The van der Waals surface area contributed by atoms with Crippen LogP contribution >= 0.6 is 15.9 Å². The number of hydrogen-bond donors (Lipinski definition) is 1. The highest BCUT2D eigenvalue weighted by Gasteiger charge is 2.31. The van der Waals surface area contributed by atoms with Crippen molar-refractivity contribution >= 4 is 27.3 Å². The molecule has 0 amide bonds. The third kappa shape index (κ3) is 2.60. The van der Waals surface area contributed by atoms with Crippen LogP contribution in [0.3, 0.4) is 0 Å². The molecule has 0 aliphatic carbocycles. The van der Waals surface area contributed by atoms with Gasteiger partial charge in [0.25, 0.3) is 5.69 Å². The molecule has 6 heteroatoms. The lowest BCUT2D eigenvalue weighted by molar-refractivity contribution is -0.384. The first kappa shape index (κ1) is 12.9. The van der Waals surface area contributed by atoms with Crippen LogP contribution in [0.25, 0.3) is 0 Å². The fourth-order valence-electron chi connectivity index (χ4n) is 3.07. The van der Waals surface area contributed by atoms with E-state index in [2.05, 4.69) is 26.1 Å². The fraction of sp³-hybridized carbons (Fsp3) is 0.538. The lowest BCUT2D eigenvalue weighted by Gasteiger charge is -2.26. The molecule has 0 spiro atoms. The maximum Gasteiger partial charge on any atom is 0.292 e. The number of nitrogens with zero attached hydrogens (tertiary/aromatic N) is 2. The van der Waals surface area contributed by atoms with Crippen LogP contribution < -0.4 is 10.2 Å². The molecule has 2 aliphatic heterocycles. The molecule has 2 atom stereocenters. The number of anilines is 1. The molecule has 5 nitrogen and oxygen atoms in total. The van der Waals surface area contributed by atoms with E-state index in [1.165, 1.54) is 12.8 Å². The number of nitro benzene ring substituents is 1. The Morgan fingerprint density at radius 2 is 2.11 bits per heavy atom. The maximum absolute atomic E-state index is 11.2. The Morgan fingerprint density at radius 3 is 2.89 bits per heavy atom. The molecule has 2 saturated heterocycles. The van der Waals surface area contributed by atoms with Crippen molar-refractivity contribution in [2.24, 2.45) is 0 Å². The number of fused-ring (bicyclic) bond motifs is 2. The molecule has 102 valence electrons. The minimum Gasteiger partial charge on any atom is -0.364 e. The van der Waals surface area contributed by atoms with Crippen LogP contribution in [0.15, 0.2) is 22.7 Å². The summed E-state index contributed by atoms with van der Waals surface area (Å²) in [6, 6.07) is 6.21. The number of nitro groups is 1. The van der Waals surface area contributed by atoms with Crippen LogP contribution in [0.5, 0.6) is 0 Å². The Morgan fingerprint density at radius 1 is 1.32 bits per heavy atom. The summed E-state index contributed by atoms with van der Waals surface area (Å²) in [5, 5.41) is 14.8. The zero-order valence-corrected chi connectivity index (χ0v) is 12.1. The molecule has 3 rings (SSSR count). The normalized spacial score (nSPS) is 26.3. The van der Waals surface area contributed by atoms with Crippen molar-refractivity contribution in [2.45, 2.75) is 31.3 Å². The summed E-state index contributed by atoms with van der Waals surface area (Å²) in [5.74, 6) is 0. The highest BCUT2D eigenvalue weighted by atomic mass is 79.9. The first-order valence-corrected chi connectivity index (χ1v) is 7.38. The predicted molar refractivity (Wildman–Crippen MR) is 77.6 cm³/mol. The molecule has 2 fully saturated rings. The average molecular weight is 326 g/mol. The van der Waals surface area contributed by atoms with Gasteiger partial charge in [0.1, 0.15) is 5.69 Å². The van der Waals surface area contributed by atoms with Crippen LogP contribution in [0.2, 0.25) is 0 Å². The smallest absolute Gasteiger partial charge is 0.292 e. The van der Waals surface area contributed by atoms with Crippen LogP contribution in [-0.2, 0) is 0 Å². The van der Waals surface area contributed by atoms with Crippen molar-refractivity contribution in [3.63, 3.8) is 0 Å². The number of hydrogen-bond acceptors (Lipinski definition) is 4. The first-order valence-electron chi connectivity index (χ1n) is 6.58. The number of rotatable bonds is 2. The third-order valence-corrected chi connectivity index (χ3v) is 4.49. The van der Waals surface area contributed by atoms with E-state index in [4.69, 9.17) is 0 Å². The van der Waals surface area contributed by atoms with Gasteiger partial charge in [-0.05, 0) is 31.4 Å². The Bertz CT molecular complexity index is 509. The summed E-state index contributed by atoms with van der Waals surface area (Å²) < 4.78 is 0.885. The molecular weight excluding hydrogens is 310 g/mol. The Balaban J connectivity index is 1.92. The zero-order chi connectivity index (χ0) is 13.4. The van der Waals surface area contributed by atoms with E-state index < -0.39 is 0 Å². The minimum atomic E-state index is -0.293. The monoisotopic (exact) mass is 325 g/mol. The van der Waals surface area contributed by atoms with Crippen molar-refractivity contribution in [2.75, 3.05) is 18.0 Å². The lowest BCUT2D eigenvalue weighted by Crippen LogP contribution is -2.35. The van der Waals surface area contributed by atoms with Crippen LogP contribution in [0, 0.1) is 10.1 Å². The van der Waals surface area contributed by atoms with Gasteiger partial charge in [-0.1, -0.05) is 15.9 Å². The second-order valence-electron chi connectivity index (χ2n) is 5.26. The molecular formula is C13H16BrN3O2. The van der Waals surface area contributed by atoms with E-state index in [1.807, 2.05) is 6.07 Å². The Hall–Kier alpha value is -1.14. The predicted octanol–water partition coefficient (Wildman–Crippen LogP) is 2.69. The average Bonchev–Trinajstić information content (AvgIpc) is 2.68. The summed E-state index contributed by atoms with van der Waals surface area (Å²) in [4.78, 5) is 13.0. The molecule has 19 heavy (non-hydrogen) atoms. The van der Waals surface area contributed by atoms with Crippen LogP contribution in [-0.4, -0.2) is 30.1 Å². The van der Waals surface area contributed by atoms with E-state index in [1.54, 1.807) is 12.1 Å². The van der Waals surface area contributed by atoms with Gasteiger partial charge in [-0.2, -0.15) is 0 Å². The molecule has 0 aromatic heterocycles. The lowest BCUT2D eigenvalue weighted by atomic mass is 10.1. The number of nitrogens with one attached hydrogen (secondary N) is 1. The van der Waals surface area contributed by atoms with Crippen molar-refractivity contribution in [1.82, 2.24) is 5.32 Å². The van der Waals surface area contributed by atoms with E-state index in [9.17, 15) is 10.1 Å². The quantitative estimate of drug-likeness (QED) is 0.671. The summed E-state index contributed by atoms with van der Waals surface area (Å²) in [6.07, 6.45) is 3.46. The third-order valence-electron chi connectivity index (χ3n) is 4.00. The van der Waals surface area contributed by atoms with E-state index in [-0.39, 0.29) is 10.6 Å². The second-order valence-corrected chi connectivity index (χ2v) is 6.18. The number of halogens is 1. The molecule has 2 heterocycles. The van der Waals surface area contributed by atoms with Crippen molar-refractivity contribution in [1.29, 1.82) is 0 Å². The largest absolute Gasteiger partial charge is 0.364 e. The summed E-state index contributed by atoms with van der Waals surface area (Å²) in [7, 11) is 0. The SMILES string of the molecule is O=[N+]([O-])c1ccc(Br)cc1N1CCC2CCC(C1)N2.